The predicted octanol–water partition coefficient (Wildman–Crippen LogP) is 1.34. The van der Waals surface area contributed by atoms with Gasteiger partial charge < -0.3 is 25.8 Å². The monoisotopic (exact) mass is 351 g/mol. The fourth-order valence-corrected chi connectivity index (χ4v) is 2.35. The molecule has 0 heterocycles. The van der Waals surface area contributed by atoms with Gasteiger partial charge in [0.05, 0.1) is 12.6 Å². The van der Waals surface area contributed by atoms with Gasteiger partial charge in [-0.15, -0.1) is 0 Å². The molecule has 4 N–H and O–H groups in total. The van der Waals surface area contributed by atoms with E-state index in [-0.39, 0.29) is 18.4 Å². The van der Waals surface area contributed by atoms with Crippen molar-refractivity contribution in [2.24, 2.45) is 5.73 Å². The van der Waals surface area contributed by atoms with Crippen LogP contribution in [0.2, 0.25) is 0 Å². The molecule has 1 aromatic rings. The minimum atomic E-state index is -0.880. The first-order valence-electron chi connectivity index (χ1n) is 8.47. The molecule has 2 amide bonds. The van der Waals surface area contributed by atoms with E-state index in [2.05, 4.69) is 10.6 Å². The lowest BCUT2D eigenvalue weighted by Gasteiger charge is -2.23. The van der Waals surface area contributed by atoms with Crippen LogP contribution in [-0.4, -0.2) is 37.6 Å². The average Bonchev–Trinajstić information content (AvgIpc) is 2.58. The molecule has 0 aliphatic heterocycles. The SMILES string of the molecule is CCCC(C)(N)C(=O)NCc1ccc(OCC(=O)NCC)c(OC)c1. The lowest BCUT2D eigenvalue weighted by molar-refractivity contribution is -0.126. The minimum Gasteiger partial charge on any atom is -0.493 e. The molecule has 1 unspecified atom stereocenters. The highest BCUT2D eigenvalue weighted by molar-refractivity contribution is 5.85. The number of methoxy groups -OCH3 is 1. The van der Waals surface area contributed by atoms with Crippen molar-refractivity contribution in [2.45, 2.75) is 45.7 Å². The number of hydrogen-bond donors (Lipinski definition) is 3. The molecule has 7 nitrogen and oxygen atoms in total. The molecule has 25 heavy (non-hydrogen) atoms. The second-order valence-electron chi connectivity index (χ2n) is 6.08. The highest BCUT2D eigenvalue weighted by Crippen LogP contribution is 2.28. The highest BCUT2D eigenvalue weighted by Gasteiger charge is 2.26. The van der Waals surface area contributed by atoms with Crippen LogP contribution in [-0.2, 0) is 16.1 Å². The summed E-state index contributed by atoms with van der Waals surface area (Å²) in [6.07, 6.45) is 1.46. The van der Waals surface area contributed by atoms with E-state index in [1.807, 2.05) is 19.9 Å². The van der Waals surface area contributed by atoms with Gasteiger partial charge in [-0.2, -0.15) is 0 Å². The van der Waals surface area contributed by atoms with Gasteiger partial charge in [-0.1, -0.05) is 19.4 Å². The smallest absolute Gasteiger partial charge is 0.257 e. The normalized spacial score (nSPS) is 12.8. The zero-order chi connectivity index (χ0) is 18.9. The summed E-state index contributed by atoms with van der Waals surface area (Å²) < 4.78 is 10.8. The third-order valence-electron chi connectivity index (χ3n) is 3.70. The van der Waals surface area contributed by atoms with E-state index in [4.69, 9.17) is 15.2 Å². The second kappa shape index (κ2) is 9.88. The number of nitrogens with two attached hydrogens (primary N) is 1. The fraction of sp³-hybridized carbons (Fsp3) is 0.556. The third-order valence-corrected chi connectivity index (χ3v) is 3.70. The number of rotatable bonds is 10. The van der Waals surface area contributed by atoms with E-state index < -0.39 is 5.54 Å². The van der Waals surface area contributed by atoms with Crippen LogP contribution in [0.5, 0.6) is 11.5 Å². The summed E-state index contributed by atoms with van der Waals surface area (Å²) in [5, 5.41) is 5.50. The molecule has 0 aliphatic carbocycles. The molecule has 0 fully saturated rings. The Hall–Kier alpha value is -2.28. The predicted molar refractivity (Wildman–Crippen MR) is 96.5 cm³/mol. The van der Waals surface area contributed by atoms with Crippen molar-refractivity contribution in [3.05, 3.63) is 23.8 Å². The minimum absolute atomic E-state index is 0.0805. The van der Waals surface area contributed by atoms with E-state index in [1.54, 1.807) is 19.1 Å². The Morgan fingerprint density at radius 1 is 1.20 bits per heavy atom. The Bertz CT molecular complexity index is 588. The van der Waals surface area contributed by atoms with Gasteiger partial charge in [0.25, 0.3) is 5.91 Å². The summed E-state index contributed by atoms with van der Waals surface area (Å²) in [7, 11) is 1.52. The maximum Gasteiger partial charge on any atom is 0.257 e. The van der Waals surface area contributed by atoms with Gasteiger partial charge in [0.2, 0.25) is 5.91 Å². The van der Waals surface area contributed by atoms with Crippen molar-refractivity contribution >= 4 is 11.8 Å². The van der Waals surface area contributed by atoms with Crippen molar-refractivity contribution < 1.29 is 19.1 Å². The number of ether oxygens (including phenoxy) is 2. The number of nitrogens with one attached hydrogen (secondary N) is 2. The summed E-state index contributed by atoms with van der Waals surface area (Å²) in [5.41, 5.74) is 5.98. The van der Waals surface area contributed by atoms with Crippen LogP contribution in [0.15, 0.2) is 18.2 Å². The standard InChI is InChI=1S/C18H29N3O4/c1-5-9-18(3,19)17(23)21-11-13-7-8-14(15(10-13)24-4)25-12-16(22)20-6-2/h7-8,10H,5-6,9,11-12,19H2,1-4H3,(H,20,22)(H,21,23). The Kier molecular flexibility index (Phi) is 8.21. The van der Waals surface area contributed by atoms with E-state index >= 15 is 0 Å². The Morgan fingerprint density at radius 3 is 2.52 bits per heavy atom. The van der Waals surface area contributed by atoms with E-state index in [0.29, 0.717) is 31.0 Å². The van der Waals surface area contributed by atoms with Crippen LogP contribution in [0.25, 0.3) is 0 Å². The Labute approximate surface area is 149 Å². The molecule has 7 heteroatoms. The van der Waals surface area contributed by atoms with Gasteiger partial charge in [-0.25, -0.2) is 0 Å². The fourth-order valence-electron chi connectivity index (χ4n) is 2.35. The van der Waals surface area contributed by atoms with Gasteiger partial charge in [-0.05, 0) is 38.0 Å². The van der Waals surface area contributed by atoms with E-state index in [9.17, 15) is 9.59 Å². The number of hydrogen-bond acceptors (Lipinski definition) is 5. The number of benzene rings is 1. The summed E-state index contributed by atoms with van der Waals surface area (Å²) in [6.45, 7) is 6.36. The van der Waals surface area contributed by atoms with E-state index in [0.717, 1.165) is 12.0 Å². The lowest BCUT2D eigenvalue weighted by Crippen LogP contribution is -2.51. The zero-order valence-electron chi connectivity index (χ0n) is 15.5. The van der Waals surface area contributed by atoms with Crippen LogP contribution >= 0.6 is 0 Å². The van der Waals surface area contributed by atoms with Crippen molar-refractivity contribution in [2.75, 3.05) is 20.3 Å². The topological polar surface area (TPSA) is 103 Å². The molecule has 0 saturated carbocycles. The molecule has 0 aromatic heterocycles. The van der Waals surface area contributed by atoms with Crippen molar-refractivity contribution in [1.82, 2.24) is 10.6 Å². The van der Waals surface area contributed by atoms with Crippen molar-refractivity contribution in [3.8, 4) is 11.5 Å². The lowest BCUT2D eigenvalue weighted by atomic mass is 9.96. The number of carbonyl (C=O) groups excluding carboxylic acids is 2. The number of amides is 2. The largest absolute Gasteiger partial charge is 0.493 e. The van der Waals surface area contributed by atoms with Crippen molar-refractivity contribution in [3.63, 3.8) is 0 Å². The molecular weight excluding hydrogens is 322 g/mol. The van der Waals surface area contributed by atoms with Gasteiger partial charge >= 0.3 is 0 Å². The van der Waals surface area contributed by atoms with Crippen LogP contribution in [0.3, 0.4) is 0 Å². The van der Waals surface area contributed by atoms with Gasteiger partial charge in [0, 0.05) is 13.1 Å². The molecule has 0 bridgehead atoms. The zero-order valence-corrected chi connectivity index (χ0v) is 15.5. The molecule has 140 valence electrons. The van der Waals surface area contributed by atoms with Gasteiger partial charge in [0.15, 0.2) is 18.1 Å². The molecule has 1 atom stereocenters. The maximum atomic E-state index is 12.2. The first kappa shape index (κ1) is 20.8. The average molecular weight is 351 g/mol. The maximum absolute atomic E-state index is 12.2. The van der Waals surface area contributed by atoms with Crippen LogP contribution < -0.4 is 25.8 Å². The first-order valence-corrected chi connectivity index (χ1v) is 8.47. The molecule has 1 aromatic carbocycles. The third kappa shape index (κ3) is 6.62. The number of carbonyl (C=O) groups is 2. The van der Waals surface area contributed by atoms with Crippen molar-refractivity contribution in [1.29, 1.82) is 0 Å². The quantitative estimate of drug-likeness (QED) is 0.590. The Morgan fingerprint density at radius 2 is 1.92 bits per heavy atom. The first-order chi connectivity index (χ1) is 11.8. The van der Waals surface area contributed by atoms with Gasteiger partial charge in [0.1, 0.15) is 0 Å². The molecule has 0 saturated heterocycles. The van der Waals surface area contributed by atoms with E-state index in [1.165, 1.54) is 7.11 Å². The molecular formula is C18H29N3O4. The van der Waals surface area contributed by atoms with Crippen LogP contribution in [0.1, 0.15) is 39.2 Å². The molecule has 1 rings (SSSR count). The summed E-state index contributed by atoms with van der Waals surface area (Å²) >= 11 is 0. The summed E-state index contributed by atoms with van der Waals surface area (Å²) in [5.74, 6) is 0.586. The number of likely N-dealkylation sites (N-methyl/N-ethyl adjacent to an activating group) is 1. The second-order valence-corrected chi connectivity index (χ2v) is 6.08. The highest BCUT2D eigenvalue weighted by atomic mass is 16.5. The van der Waals surface area contributed by atoms with Crippen LogP contribution in [0, 0.1) is 0 Å². The van der Waals surface area contributed by atoms with Crippen LogP contribution in [0.4, 0.5) is 0 Å². The summed E-state index contributed by atoms with van der Waals surface area (Å²) in [4.78, 5) is 23.6. The molecule has 0 aliphatic rings. The molecule has 0 radical (unpaired) electrons. The van der Waals surface area contributed by atoms with Gasteiger partial charge in [-0.3, -0.25) is 9.59 Å². The summed E-state index contributed by atoms with van der Waals surface area (Å²) in [6, 6.07) is 5.29. The molecule has 0 spiro atoms. The Balaban J connectivity index is 2.68.